The number of aryl methyl sites for hydroxylation is 1. The van der Waals surface area contributed by atoms with Crippen molar-refractivity contribution >= 4 is 10.9 Å². The summed E-state index contributed by atoms with van der Waals surface area (Å²) in [6.07, 6.45) is 4.12. The minimum atomic E-state index is 0.814. The fourth-order valence-corrected chi connectivity index (χ4v) is 2.47. The Bertz CT molecular complexity index is 708. The van der Waals surface area contributed by atoms with E-state index in [9.17, 15) is 0 Å². The average molecular weight is 268 g/mol. The van der Waals surface area contributed by atoms with Crippen LogP contribution in [0.15, 0.2) is 42.7 Å². The van der Waals surface area contributed by atoms with E-state index < -0.39 is 0 Å². The van der Waals surface area contributed by atoms with Crippen molar-refractivity contribution in [2.75, 3.05) is 6.54 Å². The van der Waals surface area contributed by atoms with E-state index in [1.807, 2.05) is 17.9 Å². The molecule has 2 heterocycles. The van der Waals surface area contributed by atoms with E-state index in [0.717, 1.165) is 25.3 Å². The Labute approximate surface area is 119 Å². The van der Waals surface area contributed by atoms with Crippen molar-refractivity contribution in [3.8, 4) is 0 Å². The molecule has 0 atom stereocenters. The van der Waals surface area contributed by atoms with Gasteiger partial charge < -0.3 is 9.88 Å². The predicted octanol–water partition coefficient (Wildman–Crippen LogP) is 2.53. The molecular weight excluding hydrogens is 248 g/mol. The molecule has 0 unspecified atom stereocenters. The van der Waals surface area contributed by atoms with Gasteiger partial charge in [-0.15, -0.1) is 0 Å². The lowest BCUT2D eigenvalue weighted by molar-refractivity contribution is 0.714. The summed E-state index contributed by atoms with van der Waals surface area (Å²) in [6, 6.07) is 10.9. The van der Waals surface area contributed by atoms with Gasteiger partial charge in [-0.1, -0.05) is 19.1 Å². The first-order chi connectivity index (χ1) is 9.76. The van der Waals surface area contributed by atoms with Crippen LogP contribution in [0.25, 0.3) is 10.9 Å². The molecule has 0 aliphatic rings. The molecule has 0 saturated heterocycles. The first-order valence-corrected chi connectivity index (χ1v) is 7.03. The lowest BCUT2D eigenvalue weighted by Gasteiger charge is -2.06. The molecule has 0 aliphatic heterocycles. The minimum absolute atomic E-state index is 0.814. The van der Waals surface area contributed by atoms with Crippen molar-refractivity contribution in [1.29, 1.82) is 0 Å². The third kappa shape index (κ3) is 2.60. The monoisotopic (exact) mass is 268 g/mol. The van der Waals surface area contributed by atoms with E-state index in [-0.39, 0.29) is 0 Å². The standard InChI is InChI=1S/C16H20N4/c1-3-17-11-13-4-5-14-6-9-20(16(14)10-13)12-15-7-8-19(2)18-15/h4-10,17H,3,11-12H2,1-2H3. The van der Waals surface area contributed by atoms with Crippen molar-refractivity contribution in [3.63, 3.8) is 0 Å². The maximum absolute atomic E-state index is 4.45. The molecule has 0 spiro atoms. The Balaban J connectivity index is 1.90. The number of nitrogens with zero attached hydrogens (tertiary/aromatic N) is 3. The van der Waals surface area contributed by atoms with Crippen molar-refractivity contribution in [3.05, 3.63) is 54.0 Å². The van der Waals surface area contributed by atoms with E-state index >= 15 is 0 Å². The normalized spacial score (nSPS) is 11.3. The molecule has 0 aliphatic carbocycles. The van der Waals surface area contributed by atoms with Crippen molar-refractivity contribution in [2.24, 2.45) is 7.05 Å². The summed E-state index contributed by atoms with van der Waals surface area (Å²) in [6.45, 7) is 4.85. The average Bonchev–Trinajstić information content (AvgIpc) is 3.04. The Kier molecular flexibility index (Phi) is 3.56. The van der Waals surface area contributed by atoms with Gasteiger partial charge in [-0.3, -0.25) is 4.68 Å². The van der Waals surface area contributed by atoms with E-state index in [1.165, 1.54) is 16.5 Å². The predicted molar refractivity (Wildman–Crippen MR) is 81.6 cm³/mol. The van der Waals surface area contributed by atoms with Gasteiger partial charge in [0.15, 0.2) is 0 Å². The number of hydrogen-bond acceptors (Lipinski definition) is 2. The van der Waals surface area contributed by atoms with Gasteiger partial charge in [0.2, 0.25) is 0 Å². The number of rotatable bonds is 5. The molecular formula is C16H20N4. The summed E-state index contributed by atoms with van der Waals surface area (Å²) in [5.74, 6) is 0. The van der Waals surface area contributed by atoms with Crippen LogP contribution in [0.3, 0.4) is 0 Å². The highest BCUT2D eigenvalue weighted by Crippen LogP contribution is 2.18. The molecule has 104 valence electrons. The molecule has 0 fully saturated rings. The Morgan fingerprint density at radius 3 is 2.80 bits per heavy atom. The quantitative estimate of drug-likeness (QED) is 0.771. The summed E-state index contributed by atoms with van der Waals surface area (Å²) in [7, 11) is 1.95. The Morgan fingerprint density at radius 2 is 2.05 bits per heavy atom. The lowest BCUT2D eigenvalue weighted by atomic mass is 10.1. The maximum atomic E-state index is 4.45. The van der Waals surface area contributed by atoms with Crippen LogP contribution in [0, 0.1) is 0 Å². The van der Waals surface area contributed by atoms with Crippen LogP contribution in [0.5, 0.6) is 0 Å². The van der Waals surface area contributed by atoms with Gasteiger partial charge in [0.1, 0.15) is 0 Å². The maximum Gasteiger partial charge on any atom is 0.0821 e. The zero-order valence-corrected chi connectivity index (χ0v) is 12.0. The number of nitrogens with one attached hydrogen (secondary N) is 1. The fraction of sp³-hybridized carbons (Fsp3) is 0.312. The number of fused-ring (bicyclic) bond motifs is 1. The van der Waals surface area contributed by atoms with Crippen LogP contribution in [-0.2, 0) is 20.1 Å². The van der Waals surface area contributed by atoms with Gasteiger partial charge in [-0.05, 0) is 35.7 Å². The highest BCUT2D eigenvalue weighted by Gasteiger charge is 2.04. The van der Waals surface area contributed by atoms with Crippen LogP contribution in [-0.4, -0.2) is 20.9 Å². The van der Waals surface area contributed by atoms with E-state index in [2.05, 4.69) is 58.4 Å². The summed E-state index contributed by atoms with van der Waals surface area (Å²) < 4.78 is 4.10. The van der Waals surface area contributed by atoms with E-state index in [0.29, 0.717) is 0 Å². The second kappa shape index (κ2) is 5.51. The molecule has 0 amide bonds. The van der Waals surface area contributed by atoms with Crippen LogP contribution in [0.2, 0.25) is 0 Å². The highest BCUT2D eigenvalue weighted by atomic mass is 15.3. The molecule has 4 heteroatoms. The van der Waals surface area contributed by atoms with Gasteiger partial charge in [0, 0.05) is 31.5 Å². The highest BCUT2D eigenvalue weighted by molar-refractivity contribution is 5.80. The smallest absolute Gasteiger partial charge is 0.0821 e. The molecule has 20 heavy (non-hydrogen) atoms. The number of benzene rings is 1. The van der Waals surface area contributed by atoms with Crippen LogP contribution in [0.4, 0.5) is 0 Å². The second-order valence-electron chi connectivity index (χ2n) is 5.10. The Morgan fingerprint density at radius 1 is 1.15 bits per heavy atom. The molecule has 0 bridgehead atoms. The van der Waals surface area contributed by atoms with Gasteiger partial charge in [0.05, 0.1) is 12.2 Å². The number of hydrogen-bond donors (Lipinski definition) is 1. The van der Waals surface area contributed by atoms with Gasteiger partial charge in [-0.25, -0.2) is 0 Å². The molecule has 3 aromatic rings. The van der Waals surface area contributed by atoms with Crippen molar-refractivity contribution in [1.82, 2.24) is 19.7 Å². The van der Waals surface area contributed by atoms with Crippen LogP contribution >= 0.6 is 0 Å². The summed E-state index contributed by atoms with van der Waals surface area (Å²) >= 11 is 0. The zero-order chi connectivity index (χ0) is 13.9. The third-order valence-corrected chi connectivity index (χ3v) is 3.52. The molecule has 3 rings (SSSR count). The first-order valence-electron chi connectivity index (χ1n) is 7.03. The van der Waals surface area contributed by atoms with Crippen LogP contribution < -0.4 is 5.32 Å². The van der Waals surface area contributed by atoms with Crippen molar-refractivity contribution < 1.29 is 0 Å². The third-order valence-electron chi connectivity index (χ3n) is 3.52. The molecule has 2 aromatic heterocycles. The van der Waals surface area contributed by atoms with Gasteiger partial charge in [0.25, 0.3) is 0 Å². The SMILES string of the molecule is CCNCc1ccc2ccn(Cc3ccn(C)n3)c2c1. The Hall–Kier alpha value is -2.07. The molecule has 0 saturated carbocycles. The van der Waals surface area contributed by atoms with E-state index in [1.54, 1.807) is 0 Å². The zero-order valence-electron chi connectivity index (χ0n) is 12.0. The summed E-state index contributed by atoms with van der Waals surface area (Å²) in [5.41, 5.74) is 3.67. The second-order valence-corrected chi connectivity index (χ2v) is 5.10. The van der Waals surface area contributed by atoms with Crippen molar-refractivity contribution in [2.45, 2.75) is 20.0 Å². The van der Waals surface area contributed by atoms with Gasteiger partial charge in [-0.2, -0.15) is 5.10 Å². The molecule has 0 radical (unpaired) electrons. The summed E-state index contributed by atoms with van der Waals surface area (Å²) in [4.78, 5) is 0. The van der Waals surface area contributed by atoms with Crippen LogP contribution in [0.1, 0.15) is 18.2 Å². The number of aromatic nitrogens is 3. The van der Waals surface area contributed by atoms with E-state index in [4.69, 9.17) is 0 Å². The molecule has 1 aromatic carbocycles. The van der Waals surface area contributed by atoms with Gasteiger partial charge >= 0.3 is 0 Å². The largest absolute Gasteiger partial charge is 0.341 e. The topological polar surface area (TPSA) is 34.8 Å². The fourth-order valence-electron chi connectivity index (χ4n) is 2.47. The molecule has 4 nitrogen and oxygen atoms in total. The molecule has 1 N–H and O–H groups in total. The lowest BCUT2D eigenvalue weighted by Crippen LogP contribution is -2.11. The summed E-state index contributed by atoms with van der Waals surface area (Å²) in [5, 5.41) is 9.10. The first kappa shape index (κ1) is 12.9. The minimum Gasteiger partial charge on any atom is -0.341 e.